The Morgan fingerprint density at radius 2 is 2.26 bits per heavy atom. The number of amides is 1. The molecule has 3 rings (SSSR count). The summed E-state index contributed by atoms with van der Waals surface area (Å²) < 4.78 is 1.80. The number of carbonyl (C=O) groups is 1. The molecule has 19 heavy (non-hydrogen) atoms. The van der Waals surface area contributed by atoms with E-state index < -0.39 is 0 Å². The number of hydrogen-bond donors (Lipinski definition) is 1. The van der Waals surface area contributed by atoms with Crippen LogP contribution in [-0.2, 0) is 6.54 Å². The third kappa shape index (κ3) is 2.24. The molecule has 0 saturated carbocycles. The minimum atomic E-state index is -0.0764. The fraction of sp³-hybridized carbons (Fsp3) is 0.143. The summed E-state index contributed by atoms with van der Waals surface area (Å²) in [7, 11) is 0. The normalized spacial score (nSPS) is 10.8. The second-order valence-electron chi connectivity index (χ2n) is 4.31. The average Bonchev–Trinajstić information content (AvgIpc) is 2.99. The number of thiazole rings is 1. The molecule has 1 N–H and O–H groups in total. The number of imidazole rings is 1. The van der Waals surface area contributed by atoms with Crippen LogP contribution in [0, 0.1) is 6.92 Å². The number of aryl methyl sites for hydroxylation is 1. The third-order valence-electron chi connectivity index (χ3n) is 3.08. The van der Waals surface area contributed by atoms with Crippen LogP contribution in [0.2, 0.25) is 0 Å². The van der Waals surface area contributed by atoms with Crippen LogP contribution in [0.5, 0.6) is 0 Å². The van der Waals surface area contributed by atoms with Crippen molar-refractivity contribution in [2.24, 2.45) is 0 Å². The number of carbonyl (C=O) groups excluding carboxylic acids is 1. The van der Waals surface area contributed by atoms with Crippen molar-refractivity contribution in [3.05, 3.63) is 58.9 Å². The molecule has 0 bridgehead atoms. The summed E-state index contributed by atoms with van der Waals surface area (Å²) in [5, 5.41) is 4.77. The van der Waals surface area contributed by atoms with E-state index in [9.17, 15) is 4.79 Å². The van der Waals surface area contributed by atoms with Crippen LogP contribution in [0.25, 0.3) is 4.96 Å². The molecule has 4 nitrogen and oxygen atoms in total. The average molecular weight is 271 g/mol. The highest BCUT2D eigenvalue weighted by Gasteiger charge is 2.12. The fourth-order valence-corrected chi connectivity index (χ4v) is 2.80. The van der Waals surface area contributed by atoms with E-state index in [-0.39, 0.29) is 5.91 Å². The molecule has 0 aliphatic heterocycles. The first-order chi connectivity index (χ1) is 9.25. The van der Waals surface area contributed by atoms with E-state index in [1.54, 1.807) is 16.8 Å². The maximum Gasteiger partial charge on any atom is 0.269 e. The van der Waals surface area contributed by atoms with Crippen LogP contribution >= 0.6 is 11.3 Å². The van der Waals surface area contributed by atoms with Gasteiger partial charge in [0.15, 0.2) is 4.96 Å². The molecule has 3 aromatic rings. The highest BCUT2D eigenvalue weighted by atomic mass is 32.1. The molecular weight excluding hydrogens is 258 g/mol. The monoisotopic (exact) mass is 271 g/mol. The lowest BCUT2D eigenvalue weighted by Gasteiger charge is -2.07. The van der Waals surface area contributed by atoms with Gasteiger partial charge in [0.05, 0.1) is 0 Å². The quantitative estimate of drug-likeness (QED) is 0.796. The first kappa shape index (κ1) is 11.9. The molecule has 1 aromatic carbocycles. The van der Waals surface area contributed by atoms with E-state index >= 15 is 0 Å². The lowest BCUT2D eigenvalue weighted by Crippen LogP contribution is -2.24. The van der Waals surface area contributed by atoms with E-state index in [1.807, 2.05) is 36.6 Å². The summed E-state index contributed by atoms with van der Waals surface area (Å²) in [6, 6.07) is 8.04. The van der Waals surface area contributed by atoms with Crippen molar-refractivity contribution in [3.8, 4) is 0 Å². The van der Waals surface area contributed by atoms with Crippen molar-refractivity contribution >= 4 is 22.2 Å². The maximum atomic E-state index is 12.1. The predicted octanol–water partition coefficient (Wildman–Crippen LogP) is 2.63. The zero-order valence-corrected chi connectivity index (χ0v) is 11.3. The zero-order chi connectivity index (χ0) is 13.2. The molecule has 1 amide bonds. The number of aromatic nitrogens is 2. The molecule has 5 heteroatoms. The Morgan fingerprint density at radius 1 is 1.42 bits per heavy atom. The number of hydrogen-bond acceptors (Lipinski definition) is 3. The van der Waals surface area contributed by atoms with Crippen molar-refractivity contribution in [1.82, 2.24) is 14.7 Å². The molecule has 0 saturated heterocycles. The fourth-order valence-electron chi connectivity index (χ4n) is 1.96. The van der Waals surface area contributed by atoms with Gasteiger partial charge in [-0.25, -0.2) is 4.98 Å². The second kappa shape index (κ2) is 4.85. The van der Waals surface area contributed by atoms with E-state index in [2.05, 4.69) is 10.3 Å². The van der Waals surface area contributed by atoms with Gasteiger partial charge in [-0.2, -0.15) is 0 Å². The smallest absolute Gasteiger partial charge is 0.269 e. The Labute approximate surface area is 114 Å². The van der Waals surface area contributed by atoms with E-state index in [0.29, 0.717) is 12.2 Å². The highest BCUT2D eigenvalue weighted by molar-refractivity contribution is 7.15. The Hall–Kier alpha value is -2.14. The van der Waals surface area contributed by atoms with Gasteiger partial charge >= 0.3 is 0 Å². The number of nitrogens with zero attached hydrogens (tertiary/aromatic N) is 2. The number of nitrogens with one attached hydrogen (secondary N) is 1. The van der Waals surface area contributed by atoms with Gasteiger partial charge in [-0.3, -0.25) is 9.20 Å². The minimum absolute atomic E-state index is 0.0764. The van der Waals surface area contributed by atoms with Gasteiger partial charge in [0, 0.05) is 24.3 Å². The summed E-state index contributed by atoms with van der Waals surface area (Å²) in [5.41, 5.74) is 2.94. The van der Waals surface area contributed by atoms with Crippen molar-refractivity contribution in [3.63, 3.8) is 0 Å². The van der Waals surface area contributed by atoms with E-state index in [4.69, 9.17) is 0 Å². The van der Waals surface area contributed by atoms with Crippen molar-refractivity contribution in [2.45, 2.75) is 13.5 Å². The molecule has 0 spiro atoms. The number of fused-ring (bicyclic) bond motifs is 1. The van der Waals surface area contributed by atoms with Gasteiger partial charge in [-0.1, -0.05) is 24.3 Å². The topological polar surface area (TPSA) is 46.4 Å². The molecule has 96 valence electrons. The Bertz CT molecular complexity index is 729. The molecule has 0 atom stereocenters. The van der Waals surface area contributed by atoms with Gasteiger partial charge in [-0.05, 0) is 18.1 Å². The molecule has 0 fully saturated rings. The van der Waals surface area contributed by atoms with E-state index in [0.717, 1.165) is 10.5 Å². The molecule has 2 heterocycles. The molecule has 0 aliphatic rings. The molecule has 2 aromatic heterocycles. The lowest BCUT2D eigenvalue weighted by atomic mass is 10.1. The van der Waals surface area contributed by atoms with Gasteiger partial charge in [0.25, 0.3) is 5.91 Å². The highest BCUT2D eigenvalue weighted by Crippen LogP contribution is 2.14. The van der Waals surface area contributed by atoms with Gasteiger partial charge in [0.1, 0.15) is 5.69 Å². The number of rotatable bonds is 3. The second-order valence-corrected chi connectivity index (χ2v) is 5.15. The summed E-state index contributed by atoms with van der Waals surface area (Å²) in [4.78, 5) is 17.1. The first-order valence-corrected chi connectivity index (χ1v) is 6.87. The zero-order valence-electron chi connectivity index (χ0n) is 10.5. The van der Waals surface area contributed by atoms with Crippen molar-refractivity contribution in [1.29, 1.82) is 0 Å². The Morgan fingerprint density at radius 3 is 3.11 bits per heavy atom. The van der Waals surface area contributed by atoms with E-state index in [1.165, 1.54) is 16.9 Å². The first-order valence-electron chi connectivity index (χ1n) is 5.99. The molecular formula is C14H13N3OS. The summed E-state index contributed by atoms with van der Waals surface area (Å²) in [6.45, 7) is 2.58. The van der Waals surface area contributed by atoms with Crippen LogP contribution in [0.15, 0.2) is 42.0 Å². The Kier molecular flexibility index (Phi) is 3.05. The van der Waals surface area contributed by atoms with Crippen molar-refractivity contribution in [2.75, 3.05) is 0 Å². The summed E-state index contributed by atoms with van der Waals surface area (Å²) in [5.74, 6) is -0.0764. The molecule has 0 aliphatic carbocycles. The van der Waals surface area contributed by atoms with Crippen LogP contribution < -0.4 is 5.32 Å². The van der Waals surface area contributed by atoms with Crippen LogP contribution in [-0.4, -0.2) is 15.3 Å². The van der Waals surface area contributed by atoms with Gasteiger partial charge in [0.2, 0.25) is 0 Å². The minimum Gasteiger partial charge on any atom is -0.347 e. The summed E-state index contributed by atoms with van der Waals surface area (Å²) >= 11 is 1.46. The Balaban J connectivity index is 1.76. The predicted molar refractivity (Wildman–Crippen MR) is 75.4 cm³/mol. The third-order valence-corrected chi connectivity index (χ3v) is 3.93. The van der Waals surface area contributed by atoms with Crippen LogP contribution in [0.1, 0.15) is 21.6 Å². The SMILES string of the molecule is Cc1ccccc1CNC(=O)c1csc2nccn12. The van der Waals surface area contributed by atoms with Crippen molar-refractivity contribution < 1.29 is 4.79 Å². The van der Waals surface area contributed by atoms with Crippen LogP contribution in [0.3, 0.4) is 0 Å². The number of benzene rings is 1. The maximum absolute atomic E-state index is 12.1. The van der Waals surface area contributed by atoms with Crippen LogP contribution in [0.4, 0.5) is 0 Å². The summed E-state index contributed by atoms with van der Waals surface area (Å²) in [6.07, 6.45) is 3.50. The largest absolute Gasteiger partial charge is 0.347 e. The lowest BCUT2D eigenvalue weighted by molar-refractivity contribution is 0.0945. The molecule has 0 unspecified atom stereocenters. The van der Waals surface area contributed by atoms with Gasteiger partial charge < -0.3 is 5.32 Å². The molecule has 0 radical (unpaired) electrons. The standard InChI is InChI=1S/C14H13N3OS/c1-10-4-2-3-5-11(10)8-16-13(18)12-9-19-14-15-6-7-17(12)14/h2-7,9H,8H2,1H3,(H,16,18). The van der Waals surface area contributed by atoms with Gasteiger partial charge in [-0.15, -0.1) is 11.3 Å².